The van der Waals surface area contributed by atoms with Gasteiger partial charge in [0.1, 0.15) is 4.90 Å². The highest BCUT2D eigenvalue weighted by molar-refractivity contribution is 7.86. The molecule has 0 radical (unpaired) electrons. The van der Waals surface area contributed by atoms with Crippen LogP contribution in [-0.4, -0.2) is 13.0 Å². The van der Waals surface area contributed by atoms with E-state index in [1.807, 2.05) is 30.3 Å². The fourth-order valence-electron chi connectivity index (χ4n) is 3.29. The second-order valence-electron chi connectivity index (χ2n) is 6.46. The van der Waals surface area contributed by atoms with Gasteiger partial charge in [0.15, 0.2) is 0 Å². The monoisotopic (exact) mass is 348 g/mol. The average molecular weight is 349 g/mol. The molecular weight excluding hydrogens is 320 g/mol. The molecule has 2 aromatic rings. The maximum Gasteiger partial charge on any atom is 0.295 e. The predicted octanol–water partition coefficient (Wildman–Crippen LogP) is 5.55. The van der Waals surface area contributed by atoms with Gasteiger partial charge in [0.25, 0.3) is 10.1 Å². The van der Waals surface area contributed by atoms with Gasteiger partial charge in [-0.1, -0.05) is 69.9 Å². The third-order valence-corrected chi connectivity index (χ3v) is 5.51. The maximum absolute atomic E-state index is 12.1. The summed E-state index contributed by atoms with van der Waals surface area (Å²) in [5, 5.41) is 1.60. The van der Waals surface area contributed by atoms with E-state index in [1.165, 1.54) is 0 Å². The lowest BCUT2D eigenvalue weighted by Gasteiger charge is -2.14. The summed E-state index contributed by atoms with van der Waals surface area (Å²) in [5.41, 5.74) is 1.76. The zero-order valence-electron chi connectivity index (χ0n) is 14.7. The second-order valence-corrected chi connectivity index (χ2v) is 7.82. The van der Waals surface area contributed by atoms with E-state index in [4.69, 9.17) is 0 Å². The highest BCUT2D eigenvalue weighted by Crippen LogP contribution is 2.31. The minimum Gasteiger partial charge on any atom is -0.282 e. The van der Waals surface area contributed by atoms with Gasteiger partial charge in [-0.15, -0.1) is 0 Å². The number of unbranched alkanes of at least 4 members (excludes halogenated alkanes) is 4. The Bertz CT molecular complexity index is 779. The van der Waals surface area contributed by atoms with Gasteiger partial charge < -0.3 is 0 Å². The van der Waals surface area contributed by atoms with Crippen molar-refractivity contribution in [2.75, 3.05) is 0 Å². The van der Waals surface area contributed by atoms with E-state index in [0.717, 1.165) is 61.5 Å². The molecule has 0 amide bonds. The first-order chi connectivity index (χ1) is 11.5. The van der Waals surface area contributed by atoms with Crippen molar-refractivity contribution in [1.29, 1.82) is 0 Å². The molecule has 0 atom stereocenters. The lowest BCUT2D eigenvalue weighted by molar-refractivity contribution is 0.483. The molecule has 0 heterocycles. The van der Waals surface area contributed by atoms with E-state index in [0.29, 0.717) is 11.8 Å². The van der Waals surface area contributed by atoms with E-state index < -0.39 is 10.1 Å². The summed E-state index contributed by atoms with van der Waals surface area (Å²) in [5.74, 6) is 0. The first kappa shape index (κ1) is 18.9. The Balaban J connectivity index is 2.57. The van der Waals surface area contributed by atoms with Crippen molar-refractivity contribution >= 4 is 20.9 Å². The molecule has 1 N–H and O–H groups in total. The summed E-state index contributed by atoms with van der Waals surface area (Å²) in [7, 11) is -4.25. The van der Waals surface area contributed by atoms with Gasteiger partial charge in [-0.3, -0.25) is 4.55 Å². The van der Waals surface area contributed by atoms with Crippen LogP contribution in [0.5, 0.6) is 0 Å². The standard InChI is InChI=1S/C20H28O3S/c1-3-5-7-10-16-12-9-13-17-14-15-18(11-8-6-4-2)20(19(16)17)24(21,22)23/h9,12-15H,3-8,10-11H2,1-2H3,(H,21,22,23). The van der Waals surface area contributed by atoms with Gasteiger partial charge in [0, 0.05) is 5.39 Å². The summed E-state index contributed by atoms with van der Waals surface area (Å²) >= 11 is 0. The van der Waals surface area contributed by atoms with E-state index in [-0.39, 0.29) is 4.90 Å². The fourth-order valence-corrected chi connectivity index (χ4v) is 4.30. The number of rotatable bonds is 9. The first-order valence-electron chi connectivity index (χ1n) is 9.00. The predicted molar refractivity (Wildman–Crippen MR) is 100 cm³/mol. The number of benzene rings is 2. The lowest BCUT2D eigenvalue weighted by Crippen LogP contribution is -2.06. The SMILES string of the molecule is CCCCCc1ccc2cccc(CCCCC)c2c1S(=O)(=O)O. The van der Waals surface area contributed by atoms with Gasteiger partial charge in [-0.25, -0.2) is 0 Å². The molecule has 0 aliphatic rings. The maximum atomic E-state index is 12.1. The number of hydrogen-bond donors (Lipinski definition) is 1. The highest BCUT2D eigenvalue weighted by atomic mass is 32.2. The minimum absolute atomic E-state index is 0.128. The summed E-state index contributed by atoms with van der Waals surface area (Å²) in [6.07, 6.45) is 7.86. The number of fused-ring (bicyclic) bond motifs is 1. The van der Waals surface area contributed by atoms with Crippen LogP contribution in [0.25, 0.3) is 10.8 Å². The topological polar surface area (TPSA) is 54.4 Å². The van der Waals surface area contributed by atoms with E-state index in [9.17, 15) is 13.0 Å². The molecule has 0 aliphatic heterocycles. The summed E-state index contributed by atoms with van der Waals surface area (Å²) in [6.45, 7) is 4.27. The van der Waals surface area contributed by atoms with Crippen LogP contribution in [0.4, 0.5) is 0 Å². The normalized spacial score (nSPS) is 12.0. The summed E-state index contributed by atoms with van der Waals surface area (Å²) < 4.78 is 34.2. The van der Waals surface area contributed by atoms with E-state index in [1.54, 1.807) is 0 Å². The molecule has 0 unspecified atom stereocenters. The summed E-state index contributed by atoms with van der Waals surface area (Å²) in [4.78, 5) is 0.128. The third kappa shape index (κ3) is 4.58. The number of hydrogen-bond acceptors (Lipinski definition) is 2. The molecule has 2 aromatic carbocycles. The average Bonchev–Trinajstić information content (AvgIpc) is 2.54. The van der Waals surface area contributed by atoms with Gasteiger partial charge >= 0.3 is 0 Å². The molecule has 0 bridgehead atoms. The highest BCUT2D eigenvalue weighted by Gasteiger charge is 2.21. The van der Waals surface area contributed by atoms with Crippen LogP contribution >= 0.6 is 0 Å². The van der Waals surface area contributed by atoms with Crippen molar-refractivity contribution in [3.05, 3.63) is 41.5 Å². The molecule has 0 aliphatic carbocycles. The van der Waals surface area contributed by atoms with Crippen LogP contribution in [0.1, 0.15) is 63.5 Å². The molecule has 2 rings (SSSR count). The van der Waals surface area contributed by atoms with Crippen molar-refractivity contribution < 1.29 is 13.0 Å². The quantitative estimate of drug-likeness (QED) is 0.477. The van der Waals surface area contributed by atoms with Gasteiger partial charge in [-0.05, 0) is 42.2 Å². The molecule has 0 fully saturated rings. The molecule has 4 heteroatoms. The van der Waals surface area contributed by atoms with Crippen molar-refractivity contribution in [3.63, 3.8) is 0 Å². The zero-order chi connectivity index (χ0) is 17.6. The van der Waals surface area contributed by atoms with Crippen LogP contribution in [-0.2, 0) is 23.0 Å². The molecule has 3 nitrogen and oxygen atoms in total. The Kier molecular flexibility index (Phi) is 6.81. The third-order valence-electron chi connectivity index (χ3n) is 4.52. The fraction of sp³-hybridized carbons (Fsp3) is 0.500. The molecule has 0 saturated heterocycles. The Morgan fingerprint density at radius 3 is 2.04 bits per heavy atom. The van der Waals surface area contributed by atoms with Crippen LogP contribution in [0, 0.1) is 0 Å². The number of aryl methyl sites for hydroxylation is 2. The lowest BCUT2D eigenvalue weighted by atomic mass is 9.96. The Morgan fingerprint density at radius 1 is 0.833 bits per heavy atom. The zero-order valence-corrected chi connectivity index (χ0v) is 15.5. The van der Waals surface area contributed by atoms with Crippen LogP contribution in [0.15, 0.2) is 35.2 Å². The Hall–Kier alpha value is -1.39. The molecule has 0 saturated carbocycles. The molecule has 132 valence electrons. The van der Waals surface area contributed by atoms with Crippen LogP contribution in [0.2, 0.25) is 0 Å². The van der Waals surface area contributed by atoms with Crippen LogP contribution < -0.4 is 0 Å². The molecule has 24 heavy (non-hydrogen) atoms. The van der Waals surface area contributed by atoms with E-state index >= 15 is 0 Å². The smallest absolute Gasteiger partial charge is 0.282 e. The van der Waals surface area contributed by atoms with Gasteiger partial charge in [0.05, 0.1) is 0 Å². The van der Waals surface area contributed by atoms with Crippen LogP contribution in [0.3, 0.4) is 0 Å². The van der Waals surface area contributed by atoms with Gasteiger partial charge in [-0.2, -0.15) is 8.42 Å². The first-order valence-corrected chi connectivity index (χ1v) is 10.4. The molecular formula is C20H28O3S. The van der Waals surface area contributed by atoms with E-state index in [2.05, 4.69) is 13.8 Å². The largest absolute Gasteiger partial charge is 0.295 e. The summed E-state index contributed by atoms with van der Waals surface area (Å²) in [6, 6.07) is 9.71. The van der Waals surface area contributed by atoms with Crippen molar-refractivity contribution in [2.24, 2.45) is 0 Å². The minimum atomic E-state index is -4.25. The van der Waals surface area contributed by atoms with Gasteiger partial charge in [0.2, 0.25) is 0 Å². The second kappa shape index (κ2) is 8.63. The Labute approximate surface area is 145 Å². The van der Waals surface area contributed by atoms with Crippen molar-refractivity contribution in [1.82, 2.24) is 0 Å². The Morgan fingerprint density at radius 2 is 1.46 bits per heavy atom. The van der Waals surface area contributed by atoms with Crippen molar-refractivity contribution in [3.8, 4) is 0 Å². The van der Waals surface area contributed by atoms with Crippen molar-refractivity contribution in [2.45, 2.75) is 70.1 Å². The molecule has 0 spiro atoms. The molecule has 0 aromatic heterocycles.